The van der Waals surface area contributed by atoms with Crippen LogP contribution in [-0.4, -0.2) is 48.0 Å². The van der Waals surface area contributed by atoms with E-state index < -0.39 is 10.0 Å². The summed E-state index contributed by atoms with van der Waals surface area (Å²) in [5.41, 5.74) is 0. The zero-order valence-electron chi connectivity index (χ0n) is 10.1. The third kappa shape index (κ3) is 2.64. The van der Waals surface area contributed by atoms with E-state index in [1.807, 2.05) is 6.92 Å². The van der Waals surface area contributed by atoms with Gasteiger partial charge in [0.1, 0.15) is 4.90 Å². The van der Waals surface area contributed by atoms with Gasteiger partial charge in [0.05, 0.1) is 25.1 Å². The number of nitrogens with zero attached hydrogens (tertiary/aromatic N) is 3. The fraction of sp³-hybridized carbons (Fsp3) is 0.600. The maximum Gasteiger partial charge on any atom is 0.246 e. The highest BCUT2D eigenvalue weighted by Gasteiger charge is 2.34. The standard InChI is InChI=1S/C10H14ClN3O3S/c1-7-6-17-8(2)5-14(7)18(15,16)9-3-12-10(11)13-4-9/h3-4,7-8H,5-6H2,1-2H3. The molecular formula is C10H14ClN3O3S. The number of sulfonamides is 1. The second kappa shape index (κ2) is 5.08. The molecule has 0 aliphatic carbocycles. The molecule has 1 saturated heterocycles. The van der Waals surface area contributed by atoms with E-state index in [1.54, 1.807) is 6.92 Å². The lowest BCUT2D eigenvalue weighted by Gasteiger charge is -2.35. The first-order chi connectivity index (χ1) is 8.41. The van der Waals surface area contributed by atoms with Crippen molar-refractivity contribution in [1.29, 1.82) is 0 Å². The summed E-state index contributed by atoms with van der Waals surface area (Å²) in [5, 5.41) is 0.0253. The third-order valence-corrected chi connectivity index (χ3v) is 4.88. The lowest BCUT2D eigenvalue weighted by molar-refractivity contribution is -0.0170. The molecule has 100 valence electrons. The Bertz CT molecular complexity index is 520. The number of morpholine rings is 1. The molecule has 1 aromatic heterocycles. The van der Waals surface area contributed by atoms with Gasteiger partial charge in [0, 0.05) is 12.6 Å². The van der Waals surface area contributed by atoms with Crippen molar-refractivity contribution >= 4 is 21.6 Å². The predicted molar refractivity (Wildman–Crippen MR) is 65.8 cm³/mol. The van der Waals surface area contributed by atoms with Gasteiger partial charge in [-0.15, -0.1) is 0 Å². The molecule has 0 aromatic carbocycles. The molecule has 2 rings (SSSR count). The van der Waals surface area contributed by atoms with E-state index >= 15 is 0 Å². The summed E-state index contributed by atoms with van der Waals surface area (Å²) in [6.07, 6.45) is 2.32. The normalized spacial score (nSPS) is 26.2. The van der Waals surface area contributed by atoms with Gasteiger partial charge in [-0.3, -0.25) is 0 Å². The highest BCUT2D eigenvalue weighted by atomic mass is 35.5. The molecular weight excluding hydrogens is 278 g/mol. The molecule has 1 fully saturated rings. The summed E-state index contributed by atoms with van der Waals surface area (Å²) in [6, 6.07) is -0.207. The summed E-state index contributed by atoms with van der Waals surface area (Å²) in [7, 11) is -3.59. The van der Waals surface area contributed by atoms with Crippen LogP contribution in [0.2, 0.25) is 5.28 Å². The zero-order chi connectivity index (χ0) is 13.3. The monoisotopic (exact) mass is 291 g/mol. The Morgan fingerprint density at radius 1 is 1.39 bits per heavy atom. The number of rotatable bonds is 2. The highest BCUT2D eigenvalue weighted by Crippen LogP contribution is 2.21. The Kier molecular flexibility index (Phi) is 3.86. The van der Waals surface area contributed by atoms with Crippen molar-refractivity contribution < 1.29 is 13.2 Å². The van der Waals surface area contributed by atoms with Gasteiger partial charge < -0.3 is 4.74 Å². The summed E-state index contributed by atoms with van der Waals surface area (Å²) in [5.74, 6) is 0. The molecule has 2 heterocycles. The number of aromatic nitrogens is 2. The fourth-order valence-corrected chi connectivity index (χ4v) is 3.46. The second-order valence-corrected chi connectivity index (χ2v) is 6.48. The van der Waals surface area contributed by atoms with Crippen molar-refractivity contribution in [2.45, 2.75) is 30.9 Å². The van der Waals surface area contributed by atoms with Gasteiger partial charge in [-0.2, -0.15) is 4.31 Å². The zero-order valence-corrected chi connectivity index (χ0v) is 11.6. The van der Waals surface area contributed by atoms with Crippen molar-refractivity contribution in [3.8, 4) is 0 Å². The smallest absolute Gasteiger partial charge is 0.246 e. The van der Waals surface area contributed by atoms with E-state index in [-0.39, 0.29) is 22.3 Å². The summed E-state index contributed by atoms with van der Waals surface area (Å²) < 4.78 is 31.6. The lowest BCUT2D eigenvalue weighted by atomic mass is 10.2. The molecule has 0 radical (unpaired) electrons. The van der Waals surface area contributed by atoms with Crippen molar-refractivity contribution in [3.63, 3.8) is 0 Å². The molecule has 0 spiro atoms. The van der Waals surface area contributed by atoms with Crippen LogP contribution in [0.1, 0.15) is 13.8 Å². The predicted octanol–water partition coefficient (Wildman–Crippen LogP) is 0.928. The first kappa shape index (κ1) is 13.7. The van der Waals surface area contributed by atoms with Gasteiger partial charge in [-0.05, 0) is 25.4 Å². The van der Waals surface area contributed by atoms with Gasteiger partial charge >= 0.3 is 0 Å². The molecule has 2 unspecified atom stereocenters. The van der Waals surface area contributed by atoms with Gasteiger partial charge in [-0.1, -0.05) is 0 Å². The van der Waals surface area contributed by atoms with Gasteiger partial charge in [0.2, 0.25) is 15.3 Å². The van der Waals surface area contributed by atoms with Crippen LogP contribution in [0.3, 0.4) is 0 Å². The Hall–Kier alpha value is -0.760. The summed E-state index contributed by atoms with van der Waals surface area (Å²) >= 11 is 5.55. The SMILES string of the molecule is CC1CN(S(=O)(=O)c2cnc(Cl)nc2)C(C)CO1. The van der Waals surface area contributed by atoms with Crippen molar-refractivity contribution in [1.82, 2.24) is 14.3 Å². The van der Waals surface area contributed by atoms with Crippen LogP contribution in [-0.2, 0) is 14.8 Å². The minimum atomic E-state index is -3.59. The Balaban J connectivity index is 2.32. The first-order valence-electron chi connectivity index (χ1n) is 5.52. The van der Waals surface area contributed by atoms with Crippen LogP contribution in [0, 0.1) is 0 Å². The van der Waals surface area contributed by atoms with Crippen molar-refractivity contribution in [3.05, 3.63) is 17.7 Å². The first-order valence-corrected chi connectivity index (χ1v) is 7.34. The summed E-state index contributed by atoms with van der Waals surface area (Å²) in [6.45, 7) is 4.36. The molecule has 8 heteroatoms. The summed E-state index contributed by atoms with van der Waals surface area (Å²) in [4.78, 5) is 7.45. The third-order valence-electron chi connectivity index (χ3n) is 2.75. The molecule has 2 atom stereocenters. The van der Waals surface area contributed by atoms with Crippen molar-refractivity contribution in [2.75, 3.05) is 13.2 Å². The van der Waals surface area contributed by atoms with Crippen LogP contribution >= 0.6 is 11.6 Å². The van der Waals surface area contributed by atoms with E-state index in [9.17, 15) is 8.42 Å². The molecule has 1 aliphatic rings. The van der Waals surface area contributed by atoms with Gasteiger partial charge in [-0.25, -0.2) is 18.4 Å². The minimum absolute atomic E-state index is 0.0253. The molecule has 0 N–H and O–H groups in total. The molecule has 0 bridgehead atoms. The fourth-order valence-electron chi connectivity index (χ4n) is 1.78. The molecule has 1 aliphatic heterocycles. The molecule has 6 nitrogen and oxygen atoms in total. The maximum absolute atomic E-state index is 12.4. The Labute approximate surface area is 111 Å². The second-order valence-electron chi connectivity index (χ2n) is 4.26. The van der Waals surface area contributed by atoms with Crippen LogP contribution in [0.25, 0.3) is 0 Å². The largest absolute Gasteiger partial charge is 0.375 e. The van der Waals surface area contributed by atoms with Crippen LogP contribution in [0.15, 0.2) is 17.3 Å². The number of ether oxygens (including phenoxy) is 1. The quantitative estimate of drug-likeness (QED) is 0.758. The molecule has 1 aromatic rings. The Morgan fingerprint density at radius 2 is 2.00 bits per heavy atom. The lowest BCUT2D eigenvalue weighted by Crippen LogP contribution is -2.50. The van der Waals surface area contributed by atoms with E-state index in [4.69, 9.17) is 16.3 Å². The molecule has 0 saturated carbocycles. The van der Waals surface area contributed by atoms with Gasteiger partial charge in [0.25, 0.3) is 0 Å². The van der Waals surface area contributed by atoms with Gasteiger partial charge in [0.15, 0.2) is 0 Å². The van der Waals surface area contributed by atoms with E-state index in [0.29, 0.717) is 13.2 Å². The van der Waals surface area contributed by atoms with E-state index in [0.717, 1.165) is 0 Å². The minimum Gasteiger partial charge on any atom is -0.375 e. The van der Waals surface area contributed by atoms with Crippen molar-refractivity contribution in [2.24, 2.45) is 0 Å². The average Bonchev–Trinajstić information content (AvgIpc) is 2.32. The van der Waals surface area contributed by atoms with E-state index in [1.165, 1.54) is 16.7 Å². The number of halogens is 1. The topological polar surface area (TPSA) is 72.4 Å². The maximum atomic E-state index is 12.4. The Morgan fingerprint density at radius 3 is 2.61 bits per heavy atom. The van der Waals surface area contributed by atoms with Crippen LogP contribution in [0.4, 0.5) is 0 Å². The van der Waals surface area contributed by atoms with E-state index in [2.05, 4.69) is 9.97 Å². The number of hydrogen-bond donors (Lipinski definition) is 0. The molecule has 18 heavy (non-hydrogen) atoms. The number of hydrogen-bond acceptors (Lipinski definition) is 5. The van der Waals surface area contributed by atoms with Crippen LogP contribution < -0.4 is 0 Å². The molecule has 0 amide bonds. The average molecular weight is 292 g/mol. The highest BCUT2D eigenvalue weighted by molar-refractivity contribution is 7.89. The van der Waals surface area contributed by atoms with Crippen LogP contribution in [0.5, 0.6) is 0 Å².